The molecule has 1 unspecified atom stereocenters. The molecule has 0 N–H and O–H groups in total. The van der Waals surface area contributed by atoms with Gasteiger partial charge in [-0.15, -0.1) is 0 Å². The van der Waals surface area contributed by atoms with Gasteiger partial charge in [-0.3, -0.25) is 4.79 Å². The highest BCUT2D eigenvalue weighted by Crippen LogP contribution is 2.21. The zero-order valence-corrected chi connectivity index (χ0v) is 13.5. The average Bonchev–Trinajstić information content (AvgIpc) is 3.09. The lowest BCUT2D eigenvalue weighted by Crippen LogP contribution is -2.33. The molecule has 0 spiro atoms. The molecule has 25 heavy (non-hydrogen) atoms. The van der Waals surface area contributed by atoms with Crippen LogP contribution >= 0.6 is 0 Å². The van der Waals surface area contributed by atoms with E-state index in [1.807, 2.05) is 36.4 Å². The number of carbonyl (C=O) groups excluding carboxylic acids is 1. The normalized spacial score (nSPS) is 17.0. The van der Waals surface area contributed by atoms with Crippen LogP contribution < -0.4 is 9.47 Å². The van der Waals surface area contributed by atoms with Crippen LogP contribution in [0.1, 0.15) is 16.8 Å². The first-order valence-corrected chi connectivity index (χ1v) is 8.19. The van der Waals surface area contributed by atoms with E-state index >= 15 is 0 Å². The number of amides is 1. The van der Waals surface area contributed by atoms with E-state index in [0.717, 1.165) is 17.3 Å². The summed E-state index contributed by atoms with van der Waals surface area (Å²) in [4.78, 5) is 18.7. The molecule has 126 valence electrons. The topological polar surface area (TPSA) is 69.4 Å². The van der Waals surface area contributed by atoms with Gasteiger partial charge < -0.3 is 14.8 Å². The average molecular weight is 335 g/mol. The van der Waals surface area contributed by atoms with Crippen molar-refractivity contribution < 1.29 is 14.3 Å². The summed E-state index contributed by atoms with van der Waals surface area (Å²) in [6.45, 7) is 1.09. The number of hydrogen-bond donors (Lipinski definition) is 0. The second-order valence-corrected chi connectivity index (χ2v) is 6.07. The SMILES string of the molecule is O=C(c1ccc[n+]([O-])c1)N1CCC(Oc2ccc3ccccc3n2)C1. The highest BCUT2D eigenvalue weighted by molar-refractivity contribution is 5.93. The summed E-state index contributed by atoms with van der Waals surface area (Å²) >= 11 is 0. The van der Waals surface area contributed by atoms with E-state index in [2.05, 4.69) is 4.98 Å². The van der Waals surface area contributed by atoms with E-state index in [0.29, 0.717) is 29.3 Å². The lowest BCUT2D eigenvalue weighted by molar-refractivity contribution is -0.605. The van der Waals surface area contributed by atoms with Crippen molar-refractivity contribution in [2.75, 3.05) is 13.1 Å². The predicted molar refractivity (Wildman–Crippen MR) is 92.1 cm³/mol. The molecule has 0 radical (unpaired) electrons. The molecular weight excluding hydrogens is 318 g/mol. The third-order valence-corrected chi connectivity index (χ3v) is 4.31. The highest BCUT2D eigenvalue weighted by atomic mass is 16.5. The van der Waals surface area contributed by atoms with Gasteiger partial charge in [0.05, 0.1) is 12.1 Å². The van der Waals surface area contributed by atoms with E-state index in [9.17, 15) is 10.0 Å². The fourth-order valence-corrected chi connectivity index (χ4v) is 3.06. The molecule has 6 nitrogen and oxygen atoms in total. The molecule has 1 saturated heterocycles. The Hall–Kier alpha value is -3.15. The summed E-state index contributed by atoms with van der Waals surface area (Å²) in [5, 5.41) is 12.4. The van der Waals surface area contributed by atoms with Gasteiger partial charge >= 0.3 is 0 Å². The lowest BCUT2D eigenvalue weighted by atomic mass is 10.2. The van der Waals surface area contributed by atoms with Crippen LogP contribution in [-0.4, -0.2) is 35.0 Å². The Kier molecular flexibility index (Phi) is 3.93. The maximum absolute atomic E-state index is 12.5. The highest BCUT2D eigenvalue weighted by Gasteiger charge is 2.29. The van der Waals surface area contributed by atoms with Crippen LogP contribution in [0.5, 0.6) is 5.88 Å². The van der Waals surface area contributed by atoms with Crippen molar-refractivity contribution in [2.45, 2.75) is 12.5 Å². The molecule has 3 heterocycles. The molecule has 1 atom stereocenters. The maximum atomic E-state index is 12.5. The quantitative estimate of drug-likeness (QED) is 0.543. The minimum atomic E-state index is -0.150. The van der Waals surface area contributed by atoms with Crippen LogP contribution in [0.2, 0.25) is 0 Å². The third-order valence-electron chi connectivity index (χ3n) is 4.31. The monoisotopic (exact) mass is 335 g/mol. The molecular formula is C19H17N3O3. The smallest absolute Gasteiger partial charge is 0.260 e. The molecule has 0 saturated carbocycles. The molecule has 2 aromatic heterocycles. The van der Waals surface area contributed by atoms with Crippen molar-refractivity contribution in [1.82, 2.24) is 9.88 Å². The largest absolute Gasteiger partial charge is 0.619 e. The molecule has 3 aromatic rings. The summed E-state index contributed by atoms with van der Waals surface area (Å²) in [6.07, 6.45) is 3.30. The predicted octanol–water partition coefficient (Wildman–Crippen LogP) is 2.16. The van der Waals surface area contributed by atoms with Crippen LogP contribution in [0.4, 0.5) is 0 Å². The summed E-state index contributed by atoms with van der Waals surface area (Å²) in [6, 6.07) is 14.9. The number of aromatic nitrogens is 2. The number of hydrogen-bond acceptors (Lipinski definition) is 4. The number of para-hydroxylation sites is 1. The van der Waals surface area contributed by atoms with E-state index in [1.165, 1.54) is 12.4 Å². The minimum absolute atomic E-state index is 0.0966. The van der Waals surface area contributed by atoms with Gasteiger partial charge in [-0.2, -0.15) is 4.73 Å². The van der Waals surface area contributed by atoms with Gasteiger partial charge in [-0.05, 0) is 18.2 Å². The number of carbonyl (C=O) groups is 1. The van der Waals surface area contributed by atoms with Crippen LogP contribution in [0.3, 0.4) is 0 Å². The fourth-order valence-electron chi connectivity index (χ4n) is 3.06. The first kappa shape index (κ1) is 15.4. The Labute approximate surface area is 144 Å². The third kappa shape index (κ3) is 3.24. The molecule has 1 aromatic carbocycles. The summed E-state index contributed by atoms with van der Waals surface area (Å²) < 4.78 is 6.59. The Balaban J connectivity index is 1.44. The number of rotatable bonds is 3. The first-order chi connectivity index (χ1) is 12.2. The molecule has 1 fully saturated rings. The van der Waals surface area contributed by atoms with Gasteiger partial charge in [0, 0.05) is 30.5 Å². The van der Waals surface area contributed by atoms with Gasteiger partial charge in [-0.25, -0.2) is 4.98 Å². The second kappa shape index (κ2) is 6.39. The van der Waals surface area contributed by atoms with Gasteiger partial charge in [0.2, 0.25) is 5.88 Å². The standard InChI is InChI=1S/C19H17N3O3/c23-19(15-5-3-10-22(24)12-15)21-11-9-16(13-21)25-18-8-7-14-4-1-2-6-17(14)20-18/h1-8,10,12,16H,9,11,13H2. The van der Waals surface area contributed by atoms with Crippen LogP contribution in [0, 0.1) is 5.21 Å². The van der Waals surface area contributed by atoms with Crippen molar-refractivity contribution in [3.8, 4) is 5.88 Å². The number of fused-ring (bicyclic) bond motifs is 1. The summed E-state index contributed by atoms with van der Waals surface area (Å²) in [7, 11) is 0. The molecule has 0 aliphatic carbocycles. The van der Waals surface area contributed by atoms with Crippen molar-refractivity contribution >= 4 is 16.8 Å². The van der Waals surface area contributed by atoms with Crippen molar-refractivity contribution in [2.24, 2.45) is 0 Å². The van der Waals surface area contributed by atoms with Crippen molar-refractivity contribution in [1.29, 1.82) is 0 Å². The number of likely N-dealkylation sites (tertiary alicyclic amines) is 1. The Morgan fingerprint density at radius 2 is 2.08 bits per heavy atom. The molecule has 0 bridgehead atoms. The Morgan fingerprint density at radius 3 is 2.96 bits per heavy atom. The van der Waals surface area contributed by atoms with Gasteiger partial charge in [0.15, 0.2) is 12.4 Å². The van der Waals surface area contributed by atoms with Crippen LogP contribution in [0.15, 0.2) is 60.9 Å². The number of pyridine rings is 2. The molecule has 1 aliphatic heterocycles. The van der Waals surface area contributed by atoms with Gasteiger partial charge in [0.1, 0.15) is 11.7 Å². The van der Waals surface area contributed by atoms with Gasteiger partial charge in [-0.1, -0.05) is 18.2 Å². The summed E-state index contributed by atoms with van der Waals surface area (Å²) in [5.74, 6) is 0.415. The molecule has 1 aliphatic rings. The molecule has 4 rings (SSSR count). The number of nitrogens with zero attached hydrogens (tertiary/aromatic N) is 3. The zero-order valence-electron chi connectivity index (χ0n) is 13.5. The zero-order chi connectivity index (χ0) is 17.2. The van der Waals surface area contributed by atoms with E-state index in [4.69, 9.17) is 4.74 Å². The molecule has 6 heteroatoms. The van der Waals surface area contributed by atoms with Crippen molar-refractivity contribution in [3.05, 3.63) is 71.7 Å². The lowest BCUT2D eigenvalue weighted by Gasteiger charge is -2.16. The maximum Gasteiger partial charge on any atom is 0.260 e. The second-order valence-electron chi connectivity index (χ2n) is 6.07. The van der Waals surface area contributed by atoms with Crippen LogP contribution in [0.25, 0.3) is 10.9 Å². The number of benzene rings is 1. The summed E-state index contributed by atoms with van der Waals surface area (Å²) in [5.41, 5.74) is 1.28. The van der Waals surface area contributed by atoms with Crippen LogP contribution in [-0.2, 0) is 0 Å². The Bertz CT molecular complexity index is 928. The van der Waals surface area contributed by atoms with E-state index in [-0.39, 0.29) is 12.0 Å². The van der Waals surface area contributed by atoms with E-state index in [1.54, 1.807) is 17.0 Å². The minimum Gasteiger partial charge on any atom is -0.619 e. The Morgan fingerprint density at radius 1 is 1.20 bits per heavy atom. The van der Waals surface area contributed by atoms with Gasteiger partial charge in [0.25, 0.3) is 5.91 Å². The first-order valence-electron chi connectivity index (χ1n) is 8.19. The van der Waals surface area contributed by atoms with E-state index < -0.39 is 0 Å². The fraction of sp³-hybridized carbons (Fsp3) is 0.211. The number of ether oxygens (including phenoxy) is 1. The molecule has 1 amide bonds. The van der Waals surface area contributed by atoms with Crippen molar-refractivity contribution in [3.63, 3.8) is 0 Å².